The number of benzene rings is 3. The molecule has 0 fully saturated rings. The first kappa shape index (κ1) is 24.4. The van der Waals surface area contributed by atoms with Gasteiger partial charge in [-0.3, -0.25) is 9.52 Å². The molecule has 8 nitrogen and oxygen atoms in total. The molecule has 0 saturated heterocycles. The number of aromatic hydroxyl groups is 1. The largest absolute Gasteiger partial charge is 0.493 e. The van der Waals surface area contributed by atoms with Gasteiger partial charge in [0.05, 0.1) is 10.4 Å². The molecule has 0 radical (unpaired) electrons. The van der Waals surface area contributed by atoms with Crippen LogP contribution in [-0.4, -0.2) is 24.0 Å². The number of nitrogens with one attached hydrogen (secondary N) is 1. The van der Waals surface area contributed by atoms with E-state index in [0.717, 1.165) is 18.4 Å². The third-order valence-corrected chi connectivity index (χ3v) is 7.01. The van der Waals surface area contributed by atoms with E-state index in [1.165, 1.54) is 36.4 Å². The van der Waals surface area contributed by atoms with Crippen LogP contribution < -0.4 is 4.72 Å². The predicted octanol–water partition coefficient (Wildman–Crippen LogP) is 6.53. The number of para-hydroxylation sites is 1. The lowest BCUT2D eigenvalue weighted by Crippen LogP contribution is -2.13. The molecule has 0 spiro atoms. The van der Waals surface area contributed by atoms with E-state index in [0.29, 0.717) is 22.6 Å². The fourth-order valence-corrected chi connectivity index (χ4v) is 4.82. The molecule has 180 valence electrons. The highest BCUT2D eigenvalue weighted by molar-refractivity contribution is 7.92. The first-order valence-corrected chi connectivity index (χ1v) is 12.8. The van der Waals surface area contributed by atoms with Crippen LogP contribution in [0.25, 0.3) is 10.9 Å². The molecule has 0 aliphatic heterocycles. The molecule has 1 heterocycles. The molecule has 0 unspecified atom stereocenters. The number of carbonyl (C=O) groups excluding carboxylic acids is 1. The smallest absolute Gasteiger partial charge is 0.295 e. The molecule has 0 atom stereocenters. The Morgan fingerprint density at radius 3 is 2.54 bits per heavy atom. The van der Waals surface area contributed by atoms with Crippen LogP contribution in [0.3, 0.4) is 0 Å². The monoisotopic (exact) mass is 510 g/mol. The van der Waals surface area contributed by atoms with Gasteiger partial charge in [0.1, 0.15) is 0 Å². The maximum atomic E-state index is 12.8. The summed E-state index contributed by atoms with van der Waals surface area (Å²) >= 11 is 5.84. The van der Waals surface area contributed by atoms with Crippen LogP contribution in [0.5, 0.6) is 5.88 Å². The van der Waals surface area contributed by atoms with Gasteiger partial charge in [-0.05, 0) is 55.0 Å². The van der Waals surface area contributed by atoms with E-state index in [-0.39, 0.29) is 22.0 Å². The molecule has 2 N–H and O–H groups in total. The normalized spacial score (nSPS) is 11.8. The van der Waals surface area contributed by atoms with Crippen molar-refractivity contribution in [1.29, 1.82) is 0 Å². The number of unbranched alkanes of at least 4 members (excludes halogenated alkanes) is 1. The highest BCUT2D eigenvalue weighted by Crippen LogP contribution is 2.39. The van der Waals surface area contributed by atoms with Gasteiger partial charge in [-0.1, -0.05) is 49.2 Å². The van der Waals surface area contributed by atoms with Gasteiger partial charge in [0.25, 0.3) is 15.9 Å². The van der Waals surface area contributed by atoms with Crippen LogP contribution in [-0.2, 0) is 16.6 Å². The lowest BCUT2D eigenvalue weighted by atomic mass is 10.2. The molecular weight excluding hydrogens is 488 g/mol. The Hall–Kier alpha value is -3.69. The van der Waals surface area contributed by atoms with Crippen LogP contribution in [0, 0.1) is 0 Å². The van der Waals surface area contributed by atoms with Crippen molar-refractivity contribution in [1.82, 2.24) is 4.57 Å². The Kier molecular flexibility index (Phi) is 7.18. The number of rotatable bonds is 8. The SMILES string of the molecule is CCCCn1c(O)c(N=NC(=O)c2cccc(S(=O)(=O)Nc3ccc(Cl)cc3)c2)c2ccccc21. The summed E-state index contributed by atoms with van der Waals surface area (Å²) in [6.45, 7) is 2.66. The quantitative estimate of drug-likeness (QED) is 0.262. The van der Waals surface area contributed by atoms with Crippen molar-refractivity contribution in [2.24, 2.45) is 10.2 Å². The van der Waals surface area contributed by atoms with Crippen LogP contribution in [0.15, 0.2) is 87.9 Å². The fraction of sp³-hybridized carbons (Fsp3) is 0.160. The number of hydrogen-bond acceptors (Lipinski definition) is 5. The van der Waals surface area contributed by atoms with E-state index in [1.54, 1.807) is 22.8 Å². The summed E-state index contributed by atoms with van der Waals surface area (Å²) in [5.74, 6) is -0.807. The van der Waals surface area contributed by atoms with Crippen LogP contribution in [0.1, 0.15) is 30.1 Å². The Morgan fingerprint density at radius 1 is 1.06 bits per heavy atom. The van der Waals surface area contributed by atoms with Crippen LogP contribution in [0.4, 0.5) is 11.4 Å². The zero-order valence-corrected chi connectivity index (χ0v) is 20.4. The molecule has 3 aromatic carbocycles. The average molecular weight is 511 g/mol. The minimum absolute atomic E-state index is 0.0435. The maximum Gasteiger partial charge on any atom is 0.295 e. The molecule has 35 heavy (non-hydrogen) atoms. The molecule has 1 aromatic heterocycles. The molecule has 0 aliphatic carbocycles. The molecule has 1 amide bonds. The van der Waals surface area contributed by atoms with Gasteiger partial charge in [-0.25, -0.2) is 8.42 Å². The summed E-state index contributed by atoms with van der Waals surface area (Å²) in [5, 5.41) is 19.7. The van der Waals surface area contributed by atoms with Crippen molar-refractivity contribution in [2.75, 3.05) is 4.72 Å². The van der Waals surface area contributed by atoms with Gasteiger partial charge in [0, 0.05) is 28.2 Å². The molecule has 4 rings (SSSR count). The second kappa shape index (κ2) is 10.3. The van der Waals surface area contributed by atoms with E-state index >= 15 is 0 Å². The second-order valence-electron chi connectivity index (χ2n) is 7.84. The van der Waals surface area contributed by atoms with Crippen LogP contribution in [0.2, 0.25) is 5.02 Å². The topological polar surface area (TPSA) is 113 Å². The van der Waals surface area contributed by atoms with Crippen LogP contribution >= 0.6 is 11.6 Å². The highest BCUT2D eigenvalue weighted by atomic mass is 35.5. The Labute approximate surface area is 207 Å². The lowest BCUT2D eigenvalue weighted by molar-refractivity contribution is 0.0995. The second-order valence-corrected chi connectivity index (χ2v) is 9.96. The standard InChI is InChI=1S/C25H23ClN4O4S/c1-2-3-15-30-22-10-5-4-9-21(22)23(25(30)32)27-28-24(31)17-7-6-8-20(16-17)35(33,34)29-19-13-11-18(26)12-14-19/h4-14,16,29,32H,2-3,15H2,1H3. The number of azo groups is 1. The molecule has 10 heteroatoms. The van der Waals surface area contributed by atoms with Gasteiger partial charge >= 0.3 is 0 Å². The Balaban J connectivity index is 1.60. The van der Waals surface area contributed by atoms with Crippen molar-refractivity contribution in [2.45, 2.75) is 31.2 Å². The molecule has 0 bridgehead atoms. The van der Waals surface area contributed by atoms with E-state index in [4.69, 9.17) is 11.6 Å². The zero-order valence-electron chi connectivity index (χ0n) is 18.8. The first-order chi connectivity index (χ1) is 16.8. The Bertz CT molecular complexity index is 1510. The fourth-order valence-electron chi connectivity index (χ4n) is 3.59. The van der Waals surface area contributed by atoms with Crippen molar-refractivity contribution in [3.05, 3.63) is 83.4 Å². The third-order valence-electron chi connectivity index (χ3n) is 5.38. The van der Waals surface area contributed by atoms with Gasteiger partial charge in [-0.2, -0.15) is 0 Å². The average Bonchev–Trinajstić information content (AvgIpc) is 3.13. The van der Waals surface area contributed by atoms with E-state index in [9.17, 15) is 18.3 Å². The molecule has 0 aliphatic rings. The molecular formula is C25H23ClN4O4S. The Morgan fingerprint density at radius 2 is 1.80 bits per heavy atom. The summed E-state index contributed by atoms with van der Waals surface area (Å²) in [7, 11) is -3.95. The summed E-state index contributed by atoms with van der Waals surface area (Å²) in [4.78, 5) is 12.6. The number of hydrogen-bond donors (Lipinski definition) is 2. The third kappa shape index (κ3) is 5.36. The lowest BCUT2D eigenvalue weighted by Gasteiger charge is -2.08. The number of carbonyl (C=O) groups is 1. The minimum Gasteiger partial charge on any atom is -0.493 e. The van der Waals surface area contributed by atoms with Gasteiger partial charge < -0.3 is 9.67 Å². The summed E-state index contributed by atoms with van der Waals surface area (Å²) in [6.07, 6.45) is 1.82. The van der Waals surface area contributed by atoms with Crippen molar-refractivity contribution in [3.63, 3.8) is 0 Å². The summed E-state index contributed by atoms with van der Waals surface area (Å²) in [6, 6.07) is 19.0. The summed E-state index contributed by atoms with van der Waals surface area (Å²) in [5.41, 5.74) is 1.36. The summed E-state index contributed by atoms with van der Waals surface area (Å²) < 4.78 is 29.7. The number of amides is 1. The van der Waals surface area contributed by atoms with Crippen molar-refractivity contribution in [3.8, 4) is 5.88 Å². The van der Waals surface area contributed by atoms with E-state index in [2.05, 4.69) is 21.9 Å². The predicted molar refractivity (Wildman–Crippen MR) is 136 cm³/mol. The van der Waals surface area contributed by atoms with Crippen molar-refractivity contribution >= 4 is 49.8 Å². The first-order valence-electron chi connectivity index (χ1n) is 10.9. The van der Waals surface area contributed by atoms with E-state index < -0.39 is 15.9 Å². The van der Waals surface area contributed by atoms with Gasteiger partial charge in [-0.15, -0.1) is 10.2 Å². The maximum absolute atomic E-state index is 12.8. The molecule has 4 aromatic rings. The van der Waals surface area contributed by atoms with Crippen molar-refractivity contribution < 1.29 is 18.3 Å². The van der Waals surface area contributed by atoms with E-state index in [1.807, 2.05) is 18.2 Å². The number of nitrogens with zero attached hydrogens (tertiary/aromatic N) is 3. The number of aryl methyl sites for hydroxylation is 1. The number of anilines is 1. The number of fused-ring (bicyclic) bond motifs is 1. The van der Waals surface area contributed by atoms with Gasteiger partial charge in [0.2, 0.25) is 5.88 Å². The van der Waals surface area contributed by atoms with Gasteiger partial charge in [0.15, 0.2) is 5.69 Å². The molecule has 0 saturated carbocycles. The minimum atomic E-state index is -3.95. The highest BCUT2D eigenvalue weighted by Gasteiger charge is 2.18. The zero-order chi connectivity index (χ0) is 25.0. The number of sulfonamides is 1. The number of aromatic nitrogens is 1. The number of halogens is 1.